The van der Waals surface area contributed by atoms with Crippen LogP contribution < -0.4 is 0 Å². The van der Waals surface area contributed by atoms with Gasteiger partial charge in [0.25, 0.3) is 0 Å². The maximum absolute atomic E-state index is 15.5. The average molecular weight is 487 g/mol. The molecule has 0 fully saturated rings. The van der Waals surface area contributed by atoms with Crippen molar-refractivity contribution >= 4 is 16.7 Å². The monoisotopic (exact) mass is 486 g/mol. The highest BCUT2D eigenvalue weighted by Gasteiger charge is 2.23. The van der Waals surface area contributed by atoms with Crippen molar-refractivity contribution in [1.82, 2.24) is 15.0 Å². The largest absolute Gasteiger partial charge is 0.292 e. The van der Waals surface area contributed by atoms with Crippen LogP contribution in [-0.4, -0.2) is 27.8 Å². The van der Waals surface area contributed by atoms with Crippen molar-refractivity contribution in [2.45, 2.75) is 58.2 Å². The van der Waals surface area contributed by atoms with E-state index in [0.29, 0.717) is 11.5 Å². The third-order valence-electron chi connectivity index (χ3n) is 6.99. The van der Waals surface area contributed by atoms with Gasteiger partial charge in [0, 0.05) is 12.8 Å². The lowest BCUT2D eigenvalue weighted by atomic mass is 9.82. The first-order valence-electron chi connectivity index (χ1n) is 12.8. The Labute approximate surface area is 215 Å². The first-order chi connectivity index (χ1) is 17.4. The minimum absolute atomic E-state index is 0.275. The van der Waals surface area contributed by atoms with Gasteiger partial charge in [-0.25, -0.2) is 9.07 Å². The summed E-state index contributed by atoms with van der Waals surface area (Å²) in [7, 11) is 1.82. The third kappa shape index (κ3) is 6.45. The molecule has 190 valence electrons. The quantitative estimate of drug-likeness (QED) is 0.170. The molecule has 0 aliphatic heterocycles. The van der Waals surface area contributed by atoms with Crippen LogP contribution in [0.5, 0.6) is 0 Å². The molecule has 0 spiro atoms. The smallest absolute Gasteiger partial charge is 0.147 e. The Morgan fingerprint density at radius 2 is 1.86 bits per heavy atom. The van der Waals surface area contributed by atoms with E-state index >= 15 is 4.39 Å². The second-order valence-electron chi connectivity index (χ2n) is 9.52. The fourth-order valence-corrected chi connectivity index (χ4v) is 4.82. The van der Waals surface area contributed by atoms with Gasteiger partial charge in [-0.15, -0.1) is 18.3 Å². The Balaban J connectivity index is 1.71. The lowest BCUT2D eigenvalue weighted by molar-refractivity contribution is 0.236. The summed E-state index contributed by atoms with van der Waals surface area (Å²) in [6.07, 6.45) is 7.61. The number of nitrogens with zero attached hydrogens (tertiary/aromatic N) is 4. The number of allylic oxidation sites excluding steroid dienone is 3. The van der Waals surface area contributed by atoms with Crippen molar-refractivity contribution in [2.75, 3.05) is 7.05 Å². The Hall–Kier alpha value is -3.34. The van der Waals surface area contributed by atoms with E-state index in [1.807, 2.05) is 74.7 Å². The molecule has 5 heteroatoms. The zero-order chi connectivity index (χ0) is 26.1. The summed E-state index contributed by atoms with van der Waals surface area (Å²) < 4.78 is 17.2. The molecule has 4 unspecified atom stereocenters. The van der Waals surface area contributed by atoms with E-state index in [1.165, 1.54) is 5.57 Å². The summed E-state index contributed by atoms with van der Waals surface area (Å²) in [6.45, 7) is 16.4. The fourth-order valence-electron chi connectivity index (χ4n) is 4.82. The molecule has 0 amide bonds. The number of benzene rings is 2. The summed E-state index contributed by atoms with van der Waals surface area (Å²) in [4.78, 5) is 4.58. The van der Waals surface area contributed by atoms with Crippen LogP contribution in [0.4, 0.5) is 4.39 Å². The van der Waals surface area contributed by atoms with Crippen molar-refractivity contribution in [1.29, 1.82) is 0 Å². The summed E-state index contributed by atoms with van der Waals surface area (Å²) in [6, 6.07) is 14.8. The second-order valence-corrected chi connectivity index (χ2v) is 9.52. The van der Waals surface area contributed by atoms with Gasteiger partial charge in [0.05, 0.1) is 11.6 Å². The molecule has 4 atom stereocenters. The van der Waals surface area contributed by atoms with Crippen molar-refractivity contribution in [3.05, 3.63) is 97.1 Å². The summed E-state index contributed by atoms with van der Waals surface area (Å²) in [5.41, 5.74) is 5.50. The van der Waals surface area contributed by atoms with Crippen LogP contribution in [0.1, 0.15) is 69.3 Å². The number of alkyl halides is 1. The summed E-state index contributed by atoms with van der Waals surface area (Å²) in [5.74, 6) is 0.670. The van der Waals surface area contributed by atoms with Gasteiger partial charge in [-0.2, -0.15) is 0 Å². The van der Waals surface area contributed by atoms with Gasteiger partial charge in [-0.1, -0.05) is 79.3 Å². The molecular formula is C31H39FN4. The highest BCUT2D eigenvalue weighted by atomic mass is 19.1. The van der Waals surface area contributed by atoms with Crippen molar-refractivity contribution in [3.8, 4) is 0 Å². The molecule has 0 N–H and O–H groups in total. The van der Waals surface area contributed by atoms with Crippen LogP contribution in [0.15, 0.2) is 91.0 Å². The zero-order valence-corrected chi connectivity index (χ0v) is 21.9. The molecule has 2 aromatic carbocycles. The number of para-hydroxylation sites is 1. The third-order valence-corrected chi connectivity index (χ3v) is 6.99. The molecule has 1 aromatic heterocycles. The van der Waals surface area contributed by atoms with Crippen LogP contribution in [0.3, 0.4) is 0 Å². The van der Waals surface area contributed by atoms with Gasteiger partial charge in [-0.05, 0) is 67.7 Å². The Morgan fingerprint density at radius 3 is 2.50 bits per heavy atom. The lowest BCUT2D eigenvalue weighted by Crippen LogP contribution is -2.15. The van der Waals surface area contributed by atoms with Gasteiger partial charge in [0.15, 0.2) is 0 Å². The van der Waals surface area contributed by atoms with Crippen LogP contribution >= 0.6 is 0 Å². The van der Waals surface area contributed by atoms with Crippen LogP contribution in [0.2, 0.25) is 0 Å². The number of fused-ring (bicyclic) bond motifs is 1. The Bertz CT molecular complexity index is 1190. The molecular weight excluding hydrogens is 447 g/mol. The minimum atomic E-state index is -1.21. The molecule has 3 aromatic rings. The molecule has 4 nitrogen and oxygen atoms in total. The molecule has 0 saturated carbocycles. The van der Waals surface area contributed by atoms with E-state index in [-0.39, 0.29) is 5.92 Å². The fraction of sp³-hybridized carbons (Fsp3) is 0.387. The average Bonchev–Trinajstić information content (AvgIpc) is 3.34. The van der Waals surface area contributed by atoms with Crippen LogP contribution in [0, 0.1) is 11.8 Å². The van der Waals surface area contributed by atoms with Crippen LogP contribution in [-0.2, 0) is 0 Å². The van der Waals surface area contributed by atoms with E-state index in [2.05, 4.69) is 42.0 Å². The first-order valence-corrected chi connectivity index (χ1v) is 12.8. The minimum Gasteiger partial charge on any atom is -0.292 e. The van der Waals surface area contributed by atoms with Crippen molar-refractivity contribution in [2.24, 2.45) is 16.8 Å². The number of hydrogen-bond acceptors (Lipinski definition) is 3. The number of aromatic nitrogens is 3. The first kappa shape index (κ1) is 27.3. The molecule has 0 radical (unpaired) electrons. The normalized spacial score (nSPS) is 15.3. The van der Waals surface area contributed by atoms with Gasteiger partial charge < -0.3 is 0 Å². The number of hydrogen-bond donors (Lipinski definition) is 0. The van der Waals surface area contributed by atoms with E-state index in [1.54, 1.807) is 4.68 Å². The van der Waals surface area contributed by atoms with Gasteiger partial charge in [0.2, 0.25) is 0 Å². The molecule has 0 aliphatic carbocycles. The van der Waals surface area contributed by atoms with Gasteiger partial charge in [-0.3, -0.25) is 4.99 Å². The number of rotatable bonds is 14. The molecule has 0 bridgehead atoms. The van der Waals surface area contributed by atoms with E-state index in [4.69, 9.17) is 0 Å². The SMILES string of the molecule is C=CCC(CC(C=C)CC(=NC)c1ccc(C(F)C(C)n2nnc3ccccc32)cc1)C(=C)CCC. The number of halogens is 1. The topological polar surface area (TPSA) is 43.1 Å². The predicted octanol–water partition coefficient (Wildman–Crippen LogP) is 8.25. The maximum Gasteiger partial charge on any atom is 0.147 e. The maximum atomic E-state index is 15.5. The second kappa shape index (κ2) is 13.1. The van der Waals surface area contributed by atoms with Crippen molar-refractivity contribution < 1.29 is 4.39 Å². The molecule has 3 rings (SSSR count). The standard InChI is InChI=1S/C31H39FN4/c1-7-12-22(4)27(13-8-2)20-24(9-3)21-29(33-6)25-16-18-26(19-17-25)31(32)23(5)36-30-15-11-10-14-28(30)34-35-36/h8-11,14-19,23-24,27,31H,2-4,7,12-13,20-21H2,1,5-6H3. The Morgan fingerprint density at radius 1 is 1.14 bits per heavy atom. The van der Waals surface area contributed by atoms with E-state index in [0.717, 1.165) is 54.4 Å². The molecule has 1 heterocycles. The highest BCUT2D eigenvalue weighted by molar-refractivity contribution is 6.00. The molecule has 36 heavy (non-hydrogen) atoms. The number of aliphatic imine (C=N–C) groups is 1. The lowest BCUT2D eigenvalue weighted by Gasteiger charge is -2.23. The summed E-state index contributed by atoms with van der Waals surface area (Å²) in [5, 5.41) is 8.35. The highest BCUT2D eigenvalue weighted by Crippen LogP contribution is 2.32. The van der Waals surface area contributed by atoms with Gasteiger partial charge in [0.1, 0.15) is 11.7 Å². The Kier molecular flexibility index (Phi) is 9.92. The van der Waals surface area contributed by atoms with Crippen LogP contribution in [0.25, 0.3) is 11.0 Å². The predicted molar refractivity (Wildman–Crippen MR) is 150 cm³/mol. The molecule has 0 aliphatic rings. The van der Waals surface area contributed by atoms with E-state index in [9.17, 15) is 0 Å². The van der Waals surface area contributed by atoms with Gasteiger partial charge >= 0.3 is 0 Å². The molecule has 0 saturated heterocycles. The van der Waals surface area contributed by atoms with Crippen molar-refractivity contribution in [3.63, 3.8) is 0 Å². The zero-order valence-electron chi connectivity index (χ0n) is 21.9. The summed E-state index contributed by atoms with van der Waals surface area (Å²) >= 11 is 0. The van der Waals surface area contributed by atoms with E-state index < -0.39 is 12.2 Å².